The van der Waals surface area contributed by atoms with Crippen molar-refractivity contribution in [3.05, 3.63) is 89.0 Å². The number of hydrogen-bond acceptors (Lipinski definition) is 3. The molecule has 3 rings (SSSR count). The largest absolute Gasteiger partial charge is 0.484 e. The zero-order valence-corrected chi connectivity index (χ0v) is 15.1. The summed E-state index contributed by atoms with van der Waals surface area (Å²) in [5.74, 6) is 1.11. The highest BCUT2D eigenvalue weighted by atomic mass is 79.9. The monoisotopic (exact) mass is 396 g/mol. The molecule has 0 fully saturated rings. The number of hydrogen-bond donors (Lipinski definition) is 0. The van der Waals surface area contributed by atoms with Crippen molar-refractivity contribution in [3.8, 4) is 5.75 Å². The third-order valence-electron chi connectivity index (χ3n) is 3.59. The number of halogens is 1. The van der Waals surface area contributed by atoms with E-state index >= 15 is 0 Å². The van der Waals surface area contributed by atoms with Crippen LogP contribution in [0.15, 0.2) is 83.5 Å². The van der Waals surface area contributed by atoms with Crippen LogP contribution in [0, 0.1) is 0 Å². The Labute approximate surface area is 155 Å². The Morgan fingerprint density at radius 2 is 1.68 bits per heavy atom. The molecule has 0 saturated heterocycles. The lowest BCUT2D eigenvalue weighted by atomic mass is 10.2. The van der Waals surface area contributed by atoms with Gasteiger partial charge in [-0.15, -0.1) is 0 Å². The minimum absolute atomic E-state index is 0.0506. The first-order valence-electron chi connectivity index (χ1n) is 7.86. The maximum absolute atomic E-state index is 12.7. The second-order valence-electron chi connectivity index (χ2n) is 5.40. The Hall–Kier alpha value is -2.66. The van der Waals surface area contributed by atoms with Gasteiger partial charge in [-0.2, -0.15) is 0 Å². The van der Waals surface area contributed by atoms with Gasteiger partial charge in [-0.1, -0.05) is 52.3 Å². The van der Waals surface area contributed by atoms with Crippen molar-refractivity contribution < 1.29 is 9.53 Å². The van der Waals surface area contributed by atoms with Gasteiger partial charge in [-0.3, -0.25) is 9.69 Å². The van der Waals surface area contributed by atoms with Crippen LogP contribution in [0.25, 0.3) is 0 Å². The standard InChI is InChI=1S/C20H17BrN2O2/c21-17-9-11-18(12-10-17)25-15-20(24)23(19-8-4-5-13-22-19)14-16-6-2-1-3-7-16/h1-13H,14-15H2. The molecule has 0 unspecified atom stereocenters. The molecule has 25 heavy (non-hydrogen) atoms. The summed E-state index contributed by atoms with van der Waals surface area (Å²) in [4.78, 5) is 18.7. The predicted octanol–water partition coefficient (Wildman–Crippen LogP) is 4.46. The molecule has 1 aromatic heterocycles. The molecule has 0 spiro atoms. The minimum Gasteiger partial charge on any atom is -0.484 e. The number of carbonyl (C=O) groups is 1. The smallest absolute Gasteiger partial charge is 0.266 e. The highest BCUT2D eigenvalue weighted by molar-refractivity contribution is 9.10. The summed E-state index contributed by atoms with van der Waals surface area (Å²) in [6.07, 6.45) is 1.68. The van der Waals surface area contributed by atoms with Crippen molar-refractivity contribution >= 4 is 27.7 Å². The topological polar surface area (TPSA) is 42.4 Å². The summed E-state index contributed by atoms with van der Waals surface area (Å²) in [7, 11) is 0. The Morgan fingerprint density at radius 1 is 0.960 bits per heavy atom. The number of nitrogens with zero attached hydrogens (tertiary/aromatic N) is 2. The Kier molecular flexibility index (Phi) is 5.80. The van der Waals surface area contributed by atoms with E-state index < -0.39 is 0 Å². The molecule has 0 atom stereocenters. The lowest BCUT2D eigenvalue weighted by Gasteiger charge is -2.22. The molecule has 0 N–H and O–H groups in total. The van der Waals surface area contributed by atoms with Gasteiger partial charge in [0.05, 0.1) is 6.54 Å². The molecule has 4 nitrogen and oxygen atoms in total. The zero-order chi connectivity index (χ0) is 17.5. The van der Waals surface area contributed by atoms with Gasteiger partial charge >= 0.3 is 0 Å². The van der Waals surface area contributed by atoms with Crippen molar-refractivity contribution in [2.75, 3.05) is 11.5 Å². The van der Waals surface area contributed by atoms with Crippen LogP contribution in [0.3, 0.4) is 0 Å². The van der Waals surface area contributed by atoms with Gasteiger partial charge < -0.3 is 4.74 Å². The van der Waals surface area contributed by atoms with Crippen molar-refractivity contribution in [1.82, 2.24) is 4.98 Å². The number of anilines is 1. The molecule has 3 aromatic rings. The molecule has 0 aliphatic heterocycles. The van der Waals surface area contributed by atoms with Crippen LogP contribution >= 0.6 is 15.9 Å². The van der Waals surface area contributed by atoms with Crippen LogP contribution < -0.4 is 9.64 Å². The van der Waals surface area contributed by atoms with Crippen molar-refractivity contribution in [1.29, 1.82) is 0 Å². The minimum atomic E-state index is -0.148. The number of rotatable bonds is 6. The summed E-state index contributed by atoms with van der Waals surface area (Å²) in [6, 6.07) is 22.7. The summed E-state index contributed by atoms with van der Waals surface area (Å²) in [5.41, 5.74) is 1.03. The van der Waals surface area contributed by atoms with Crippen LogP contribution in [0.1, 0.15) is 5.56 Å². The molecular weight excluding hydrogens is 380 g/mol. The van der Waals surface area contributed by atoms with E-state index in [2.05, 4.69) is 20.9 Å². The van der Waals surface area contributed by atoms with Gasteiger partial charge in [0.1, 0.15) is 11.6 Å². The van der Waals surface area contributed by atoms with E-state index in [4.69, 9.17) is 4.74 Å². The van der Waals surface area contributed by atoms with Gasteiger partial charge in [-0.05, 0) is 42.0 Å². The van der Waals surface area contributed by atoms with E-state index in [1.54, 1.807) is 11.1 Å². The Morgan fingerprint density at radius 3 is 2.36 bits per heavy atom. The molecule has 5 heteroatoms. The van der Waals surface area contributed by atoms with E-state index in [1.165, 1.54) is 0 Å². The number of aromatic nitrogens is 1. The second-order valence-corrected chi connectivity index (χ2v) is 6.31. The van der Waals surface area contributed by atoms with Gasteiger partial charge in [-0.25, -0.2) is 4.98 Å². The van der Waals surface area contributed by atoms with Gasteiger partial charge in [0.25, 0.3) is 5.91 Å². The predicted molar refractivity (Wildman–Crippen MR) is 102 cm³/mol. The van der Waals surface area contributed by atoms with E-state index in [0.29, 0.717) is 18.1 Å². The third-order valence-corrected chi connectivity index (χ3v) is 4.12. The molecule has 0 bridgehead atoms. The van der Waals surface area contributed by atoms with E-state index in [-0.39, 0.29) is 12.5 Å². The first kappa shape index (κ1) is 17.2. The average molecular weight is 397 g/mol. The van der Waals surface area contributed by atoms with E-state index in [1.807, 2.05) is 72.8 Å². The molecule has 2 aromatic carbocycles. The quantitative estimate of drug-likeness (QED) is 0.617. The van der Waals surface area contributed by atoms with Crippen molar-refractivity contribution in [3.63, 3.8) is 0 Å². The lowest BCUT2D eigenvalue weighted by Crippen LogP contribution is -2.35. The molecular formula is C20H17BrN2O2. The summed E-state index contributed by atoms with van der Waals surface area (Å²) in [6.45, 7) is 0.394. The molecule has 126 valence electrons. The highest BCUT2D eigenvalue weighted by Gasteiger charge is 2.18. The summed E-state index contributed by atoms with van der Waals surface area (Å²) in [5, 5.41) is 0. The zero-order valence-electron chi connectivity index (χ0n) is 13.5. The van der Waals surface area contributed by atoms with Gasteiger partial charge in [0.15, 0.2) is 6.61 Å². The Balaban J connectivity index is 1.74. The van der Waals surface area contributed by atoms with E-state index in [0.717, 1.165) is 10.0 Å². The summed E-state index contributed by atoms with van der Waals surface area (Å²) >= 11 is 3.38. The number of carbonyl (C=O) groups excluding carboxylic acids is 1. The fraction of sp³-hybridized carbons (Fsp3) is 0.100. The van der Waals surface area contributed by atoms with Crippen LogP contribution in [0.2, 0.25) is 0 Å². The maximum Gasteiger partial charge on any atom is 0.266 e. The molecule has 1 amide bonds. The first-order chi connectivity index (χ1) is 12.2. The molecule has 0 aliphatic rings. The molecule has 1 heterocycles. The number of amides is 1. The van der Waals surface area contributed by atoms with Crippen LogP contribution in [-0.4, -0.2) is 17.5 Å². The van der Waals surface area contributed by atoms with Crippen molar-refractivity contribution in [2.24, 2.45) is 0 Å². The number of benzene rings is 2. The number of pyridine rings is 1. The van der Waals surface area contributed by atoms with Gasteiger partial charge in [0.2, 0.25) is 0 Å². The highest BCUT2D eigenvalue weighted by Crippen LogP contribution is 2.18. The fourth-order valence-corrected chi connectivity index (χ4v) is 2.59. The number of ether oxygens (including phenoxy) is 1. The first-order valence-corrected chi connectivity index (χ1v) is 8.65. The fourth-order valence-electron chi connectivity index (χ4n) is 2.33. The van der Waals surface area contributed by atoms with Crippen LogP contribution in [-0.2, 0) is 11.3 Å². The molecule has 0 aliphatic carbocycles. The Bertz CT molecular complexity index is 808. The van der Waals surface area contributed by atoms with Gasteiger partial charge in [0, 0.05) is 10.7 Å². The SMILES string of the molecule is O=C(COc1ccc(Br)cc1)N(Cc1ccccc1)c1ccccn1. The lowest BCUT2D eigenvalue weighted by molar-refractivity contribution is -0.120. The second kappa shape index (κ2) is 8.44. The van der Waals surface area contributed by atoms with E-state index in [9.17, 15) is 4.79 Å². The third kappa shape index (κ3) is 4.90. The van der Waals surface area contributed by atoms with Crippen LogP contribution in [0.5, 0.6) is 5.75 Å². The molecule has 0 saturated carbocycles. The van der Waals surface area contributed by atoms with Crippen LogP contribution in [0.4, 0.5) is 5.82 Å². The average Bonchev–Trinajstić information content (AvgIpc) is 2.67. The normalized spacial score (nSPS) is 10.3. The maximum atomic E-state index is 12.7. The van der Waals surface area contributed by atoms with Crippen molar-refractivity contribution in [2.45, 2.75) is 6.54 Å². The molecule has 0 radical (unpaired) electrons. The summed E-state index contributed by atoms with van der Waals surface area (Å²) < 4.78 is 6.59.